The first-order chi connectivity index (χ1) is 8.77. The zero-order chi connectivity index (χ0) is 12.4. The Morgan fingerprint density at radius 1 is 1.22 bits per heavy atom. The van der Waals surface area contributed by atoms with E-state index < -0.39 is 0 Å². The van der Waals surface area contributed by atoms with Crippen molar-refractivity contribution < 1.29 is 4.74 Å². The molecule has 1 saturated carbocycles. The molecule has 0 spiro atoms. The van der Waals surface area contributed by atoms with Crippen molar-refractivity contribution in [2.45, 2.75) is 45.4 Å². The lowest BCUT2D eigenvalue weighted by atomic mass is 9.76. The number of hydrogen-bond donors (Lipinski definition) is 1. The van der Waals surface area contributed by atoms with Crippen LogP contribution < -0.4 is 10.1 Å². The lowest BCUT2D eigenvalue weighted by Gasteiger charge is -2.33. The van der Waals surface area contributed by atoms with Crippen molar-refractivity contribution in [3.05, 3.63) is 23.8 Å². The molecule has 3 rings (SSSR count). The quantitative estimate of drug-likeness (QED) is 0.869. The van der Waals surface area contributed by atoms with Gasteiger partial charge >= 0.3 is 0 Å². The summed E-state index contributed by atoms with van der Waals surface area (Å²) >= 11 is 0. The Kier molecular flexibility index (Phi) is 3.19. The van der Waals surface area contributed by atoms with Gasteiger partial charge in [0.05, 0.1) is 12.3 Å². The second kappa shape index (κ2) is 4.83. The van der Waals surface area contributed by atoms with Crippen LogP contribution in [0.3, 0.4) is 0 Å². The smallest absolute Gasteiger partial charge is 0.142 e. The molecule has 0 bridgehead atoms. The zero-order valence-corrected chi connectivity index (χ0v) is 11.3. The van der Waals surface area contributed by atoms with Gasteiger partial charge < -0.3 is 10.1 Å². The van der Waals surface area contributed by atoms with Gasteiger partial charge in [0.1, 0.15) is 5.75 Å². The zero-order valence-electron chi connectivity index (χ0n) is 11.3. The molecule has 1 aliphatic heterocycles. The number of nitrogens with one attached hydrogen (secondary N) is 1. The van der Waals surface area contributed by atoms with Crippen LogP contribution in [0.1, 0.15) is 44.6 Å². The lowest BCUT2D eigenvalue weighted by Crippen LogP contribution is -2.27. The molecule has 0 atom stereocenters. The van der Waals surface area contributed by atoms with Gasteiger partial charge in [-0.05, 0) is 30.9 Å². The van der Waals surface area contributed by atoms with Gasteiger partial charge in [0.25, 0.3) is 0 Å². The molecule has 0 amide bonds. The molecule has 0 aromatic heterocycles. The van der Waals surface area contributed by atoms with Crippen molar-refractivity contribution in [1.29, 1.82) is 0 Å². The second-order valence-electron chi connectivity index (χ2n) is 6.13. The number of anilines is 1. The molecule has 18 heavy (non-hydrogen) atoms. The van der Waals surface area contributed by atoms with Crippen molar-refractivity contribution in [2.75, 3.05) is 18.5 Å². The minimum Gasteiger partial charge on any atom is -0.491 e. The Balaban J connectivity index is 1.68. The first-order valence-electron chi connectivity index (χ1n) is 7.25. The van der Waals surface area contributed by atoms with Crippen LogP contribution in [0.15, 0.2) is 18.2 Å². The highest BCUT2D eigenvalue weighted by Gasteiger charge is 2.28. The van der Waals surface area contributed by atoms with Crippen LogP contribution >= 0.6 is 0 Å². The second-order valence-corrected chi connectivity index (χ2v) is 6.13. The molecule has 1 aliphatic carbocycles. The van der Waals surface area contributed by atoms with E-state index in [0.29, 0.717) is 5.41 Å². The summed E-state index contributed by atoms with van der Waals surface area (Å²) in [6, 6.07) is 6.41. The summed E-state index contributed by atoms with van der Waals surface area (Å²) in [6.07, 6.45) is 7.89. The average Bonchev–Trinajstić information content (AvgIpc) is 2.86. The van der Waals surface area contributed by atoms with Crippen LogP contribution in [-0.2, 0) is 6.42 Å². The number of benzene rings is 1. The van der Waals surface area contributed by atoms with Crippen LogP contribution in [0.2, 0.25) is 0 Å². The monoisotopic (exact) mass is 245 g/mol. The maximum Gasteiger partial charge on any atom is 0.142 e. The lowest BCUT2D eigenvalue weighted by molar-refractivity contribution is 0.116. The van der Waals surface area contributed by atoms with E-state index in [-0.39, 0.29) is 0 Å². The highest BCUT2D eigenvalue weighted by Crippen LogP contribution is 2.38. The molecule has 0 radical (unpaired) electrons. The van der Waals surface area contributed by atoms with E-state index in [9.17, 15) is 0 Å². The predicted molar refractivity (Wildman–Crippen MR) is 75.3 cm³/mol. The molecule has 98 valence electrons. The van der Waals surface area contributed by atoms with Gasteiger partial charge in [-0.3, -0.25) is 0 Å². The molecule has 1 fully saturated rings. The van der Waals surface area contributed by atoms with E-state index >= 15 is 0 Å². The van der Waals surface area contributed by atoms with Crippen molar-refractivity contribution >= 4 is 5.69 Å². The normalized spacial score (nSPS) is 21.2. The average molecular weight is 245 g/mol. The molecule has 2 heteroatoms. The minimum atomic E-state index is 0.388. The molecule has 1 aromatic rings. The van der Waals surface area contributed by atoms with Gasteiger partial charge in [-0.1, -0.05) is 38.3 Å². The van der Waals surface area contributed by atoms with Crippen LogP contribution in [-0.4, -0.2) is 13.2 Å². The number of fused-ring (bicyclic) bond motifs is 1. The number of rotatable bonds is 3. The summed E-state index contributed by atoms with van der Waals surface area (Å²) < 4.78 is 6.13. The van der Waals surface area contributed by atoms with E-state index in [1.807, 2.05) is 0 Å². The maximum atomic E-state index is 6.13. The Labute approximate surface area is 110 Å². The van der Waals surface area contributed by atoms with Crippen LogP contribution in [0.5, 0.6) is 5.75 Å². The third-order valence-electron chi connectivity index (χ3n) is 4.45. The summed E-state index contributed by atoms with van der Waals surface area (Å²) in [5.41, 5.74) is 3.03. The van der Waals surface area contributed by atoms with E-state index in [4.69, 9.17) is 4.74 Å². The number of para-hydroxylation sites is 1. The Morgan fingerprint density at radius 3 is 2.89 bits per heavy atom. The molecular weight excluding hydrogens is 222 g/mol. The molecule has 1 heterocycles. The predicted octanol–water partition coefficient (Wildman–Crippen LogP) is 4.00. The Morgan fingerprint density at radius 2 is 2.06 bits per heavy atom. The molecule has 1 aromatic carbocycles. The van der Waals surface area contributed by atoms with Gasteiger partial charge in [0.2, 0.25) is 0 Å². The minimum absolute atomic E-state index is 0.388. The molecule has 1 N–H and O–H groups in total. The number of hydrogen-bond acceptors (Lipinski definition) is 2. The molecule has 2 aliphatic rings. The molecule has 2 nitrogen and oxygen atoms in total. The third-order valence-corrected chi connectivity index (χ3v) is 4.45. The molecule has 0 unspecified atom stereocenters. The standard InChI is InChI=1S/C16H23NO/c1-16(9-3-2-4-10-16)12-18-14-7-5-6-13-8-11-17-15(13)14/h5-7,17H,2-4,8-12H2,1H3. The molecule has 0 saturated heterocycles. The first-order valence-corrected chi connectivity index (χ1v) is 7.25. The first kappa shape index (κ1) is 11.9. The summed E-state index contributed by atoms with van der Waals surface area (Å²) in [5.74, 6) is 1.05. The topological polar surface area (TPSA) is 21.3 Å². The maximum absolute atomic E-state index is 6.13. The van der Waals surface area contributed by atoms with E-state index in [0.717, 1.165) is 25.3 Å². The number of ether oxygens (including phenoxy) is 1. The van der Waals surface area contributed by atoms with Crippen molar-refractivity contribution in [2.24, 2.45) is 5.41 Å². The van der Waals surface area contributed by atoms with Crippen LogP contribution in [0.25, 0.3) is 0 Å². The highest BCUT2D eigenvalue weighted by molar-refractivity contribution is 5.65. The third kappa shape index (κ3) is 2.33. The van der Waals surface area contributed by atoms with E-state index in [1.165, 1.54) is 43.4 Å². The van der Waals surface area contributed by atoms with Gasteiger partial charge in [-0.2, -0.15) is 0 Å². The fourth-order valence-electron chi connectivity index (χ4n) is 3.23. The summed E-state index contributed by atoms with van der Waals surface area (Å²) in [4.78, 5) is 0. The van der Waals surface area contributed by atoms with E-state index in [2.05, 4.69) is 30.4 Å². The van der Waals surface area contributed by atoms with Crippen LogP contribution in [0, 0.1) is 5.41 Å². The van der Waals surface area contributed by atoms with Crippen molar-refractivity contribution in [1.82, 2.24) is 0 Å². The van der Waals surface area contributed by atoms with Gasteiger partial charge in [0.15, 0.2) is 0 Å². The highest BCUT2D eigenvalue weighted by atomic mass is 16.5. The SMILES string of the molecule is CC1(COc2cccc3c2NCC3)CCCCC1. The largest absolute Gasteiger partial charge is 0.491 e. The van der Waals surface area contributed by atoms with Gasteiger partial charge in [-0.15, -0.1) is 0 Å². The van der Waals surface area contributed by atoms with Crippen LogP contribution in [0.4, 0.5) is 5.69 Å². The van der Waals surface area contributed by atoms with Gasteiger partial charge in [0, 0.05) is 12.0 Å². The molecular formula is C16H23NO. The summed E-state index contributed by atoms with van der Waals surface area (Å²) in [7, 11) is 0. The van der Waals surface area contributed by atoms with Crippen molar-refractivity contribution in [3.8, 4) is 5.75 Å². The Bertz CT molecular complexity index is 421. The van der Waals surface area contributed by atoms with Gasteiger partial charge in [-0.25, -0.2) is 0 Å². The summed E-state index contributed by atoms with van der Waals surface area (Å²) in [6.45, 7) is 4.29. The van der Waals surface area contributed by atoms with E-state index in [1.54, 1.807) is 0 Å². The van der Waals surface area contributed by atoms with Crippen molar-refractivity contribution in [3.63, 3.8) is 0 Å². The fourth-order valence-corrected chi connectivity index (χ4v) is 3.23. The summed E-state index contributed by atoms with van der Waals surface area (Å²) in [5, 5.41) is 3.44. The fraction of sp³-hybridized carbons (Fsp3) is 0.625. The Hall–Kier alpha value is -1.18.